The van der Waals surface area contributed by atoms with Gasteiger partial charge < -0.3 is 9.64 Å². The zero-order valence-electron chi connectivity index (χ0n) is 19.0. The van der Waals surface area contributed by atoms with E-state index in [1.54, 1.807) is 0 Å². The van der Waals surface area contributed by atoms with Gasteiger partial charge in [0.15, 0.2) is 5.82 Å². The van der Waals surface area contributed by atoms with E-state index >= 15 is 0 Å². The Labute approximate surface area is 209 Å². The van der Waals surface area contributed by atoms with Crippen molar-refractivity contribution >= 4 is 23.8 Å². The summed E-state index contributed by atoms with van der Waals surface area (Å²) >= 11 is 12.1. The van der Waals surface area contributed by atoms with E-state index in [-0.39, 0.29) is 0 Å². The Morgan fingerprint density at radius 2 is 1.50 bits per heavy atom. The van der Waals surface area contributed by atoms with Crippen LogP contribution in [-0.2, 0) is 6.67 Å². The molecule has 4 aromatic rings. The van der Waals surface area contributed by atoms with Crippen LogP contribution in [0.5, 0.6) is 11.5 Å². The molecule has 0 bridgehead atoms. The Kier molecular flexibility index (Phi) is 6.78. The van der Waals surface area contributed by atoms with Crippen molar-refractivity contribution in [2.45, 2.75) is 6.67 Å². The van der Waals surface area contributed by atoms with Gasteiger partial charge in [0.2, 0.25) is 4.77 Å². The summed E-state index contributed by atoms with van der Waals surface area (Å²) in [7, 11) is 2.15. The zero-order chi connectivity index (χ0) is 23.5. The maximum atomic E-state index is 6.14. The lowest BCUT2D eigenvalue weighted by Gasteiger charge is -2.31. The van der Waals surface area contributed by atoms with Crippen molar-refractivity contribution < 1.29 is 4.74 Å². The molecule has 0 saturated carbocycles. The molecule has 1 aliphatic rings. The quantitative estimate of drug-likeness (QED) is 0.322. The summed E-state index contributed by atoms with van der Waals surface area (Å²) in [4.78, 5) is 4.72. The summed E-state index contributed by atoms with van der Waals surface area (Å²) in [6.07, 6.45) is 0. The molecule has 0 unspecified atom stereocenters. The van der Waals surface area contributed by atoms with E-state index in [1.165, 1.54) is 0 Å². The molecule has 6 nitrogen and oxygen atoms in total. The molecule has 0 aliphatic carbocycles. The number of rotatable bonds is 6. The molecule has 1 fully saturated rings. The van der Waals surface area contributed by atoms with Crippen LogP contribution in [-0.4, -0.2) is 57.4 Å². The highest BCUT2D eigenvalue weighted by Gasteiger charge is 2.19. The van der Waals surface area contributed by atoms with E-state index in [0.29, 0.717) is 16.5 Å². The average molecular weight is 492 g/mol. The number of hydrogen-bond acceptors (Lipinski definition) is 5. The van der Waals surface area contributed by atoms with Gasteiger partial charge in [-0.05, 0) is 79.9 Å². The Morgan fingerprint density at radius 3 is 2.18 bits per heavy atom. The van der Waals surface area contributed by atoms with E-state index in [0.717, 1.165) is 54.8 Å². The minimum Gasteiger partial charge on any atom is -0.457 e. The third-order valence-electron chi connectivity index (χ3n) is 5.95. The molecular formula is C26H26ClN5OS. The van der Waals surface area contributed by atoms with Crippen LogP contribution >= 0.6 is 23.8 Å². The van der Waals surface area contributed by atoms with E-state index in [4.69, 9.17) is 33.7 Å². The molecule has 1 aliphatic heterocycles. The molecule has 5 rings (SSSR count). The van der Waals surface area contributed by atoms with Crippen molar-refractivity contribution in [3.63, 3.8) is 0 Å². The molecule has 0 N–H and O–H groups in total. The molecule has 0 atom stereocenters. The highest BCUT2D eigenvalue weighted by atomic mass is 35.5. The minimum absolute atomic E-state index is 0.653. The maximum absolute atomic E-state index is 6.14. The van der Waals surface area contributed by atoms with Gasteiger partial charge in [0.25, 0.3) is 0 Å². The van der Waals surface area contributed by atoms with Crippen molar-refractivity contribution in [1.29, 1.82) is 0 Å². The van der Waals surface area contributed by atoms with Gasteiger partial charge in [-0.3, -0.25) is 9.47 Å². The Morgan fingerprint density at radius 1 is 0.853 bits per heavy atom. The molecule has 1 aromatic heterocycles. The fourth-order valence-electron chi connectivity index (χ4n) is 3.99. The van der Waals surface area contributed by atoms with Gasteiger partial charge in [-0.25, -0.2) is 4.68 Å². The molecule has 3 aromatic carbocycles. The maximum Gasteiger partial charge on any atom is 0.204 e. The number of hydrogen-bond donors (Lipinski definition) is 0. The summed E-state index contributed by atoms with van der Waals surface area (Å²) in [5.41, 5.74) is 1.89. The average Bonchev–Trinajstić information content (AvgIpc) is 3.18. The monoisotopic (exact) mass is 491 g/mol. The zero-order valence-corrected chi connectivity index (χ0v) is 20.5. The van der Waals surface area contributed by atoms with Gasteiger partial charge in [0.05, 0.1) is 12.4 Å². The van der Waals surface area contributed by atoms with Crippen molar-refractivity contribution in [3.05, 3.63) is 88.7 Å². The number of nitrogens with zero attached hydrogens (tertiary/aromatic N) is 5. The van der Waals surface area contributed by atoms with Gasteiger partial charge in [0.1, 0.15) is 11.5 Å². The lowest BCUT2D eigenvalue weighted by molar-refractivity contribution is 0.119. The lowest BCUT2D eigenvalue weighted by atomic mass is 10.2. The smallest absolute Gasteiger partial charge is 0.204 e. The Bertz CT molecular complexity index is 1290. The number of piperazine rings is 1. The molecular weight excluding hydrogens is 466 g/mol. The van der Waals surface area contributed by atoms with Crippen molar-refractivity contribution in [3.8, 4) is 28.6 Å². The number of ether oxygens (including phenoxy) is 1. The summed E-state index contributed by atoms with van der Waals surface area (Å²) in [6, 6.07) is 25.4. The van der Waals surface area contributed by atoms with Crippen LogP contribution in [0, 0.1) is 4.77 Å². The third kappa shape index (κ3) is 5.08. The topological polar surface area (TPSA) is 38.5 Å². The summed E-state index contributed by atoms with van der Waals surface area (Å²) in [5.74, 6) is 2.35. The SMILES string of the molecule is CN1CCN(Cn2nc(-c3ccc(Cl)cc3)n(-c3ccc(Oc4ccccc4)cc3)c2=S)CC1. The molecule has 0 radical (unpaired) electrons. The summed E-state index contributed by atoms with van der Waals surface area (Å²) < 4.78 is 10.5. The van der Waals surface area contributed by atoms with Crippen LogP contribution in [0.25, 0.3) is 17.1 Å². The molecule has 0 amide bonds. The molecule has 1 saturated heterocycles. The van der Waals surface area contributed by atoms with Crippen LogP contribution in [0.3, 0.4) is 0 Å². The second-order valence-corrected chi connectivity index (χ2v) is 9.22. The highest BCUT2D eigenvalue weighted by molar-refractivity contribution is 7.71. The Balaban J connectivity index is 1.49. The number of para-hydroxylation sites is 1. The molecule has 8 heteroatoms. The lowest BCUT2D eigenvalue weighted by Crippen LogP contribution is -2.45. The van der Waals surface area contributed by atoms with Crippen molar-refractivity contribution in [2.75, 3.05) is 33.2 Å². The summed E-state index contributed by atoms with van der Waals surface area (Å²) in [5, 5.41) is 5.62. The van der Waals surface area contributed by atoms with Crippen LogP contribution in [0.15, 0.2) is 78.9 Å². The minimum atomic E-state index is 0.653. The predicted molar refractivity (Wildman–Crippen MR) is 138 cm³/mol. The van der Waals surface area contributed by atoms with E-state index < -0.39 is 0 Å². The second-order valence-electron chi connectivity index (χ2n) is 8.42. The van der Waals surface area contributed by atoms with Gasteiger partial charge in [-0.2, -0.15) is 0 Å². The predicted octanol–water partition coefficient (Wildman–Crippen LogP) is 5.72. The first-order valence-electron chi connectivity index (χ1n) is 11.3. The van der Waals surface area contributed by atoms with Gasteiger partial charge in [-0.15, -0.1) is 5.10 Å². The first-order chi connectivity index (χ1) is 16.6. The molecule has 34 heavy (non-hydrogen) atoms. The Hall–Kier alpha value is -2.97. The molecule has 2 heterocycles. The van der Waals surface area contributed by atoms with Crippen LogP contribution < -0.4 is 4.74 Å². The number of halogens is 1. The molecule has 0 spiro atoms. The second kappa shape index (κ2) is 10.1. The first-order valence-corrected chi connectivity index (χ1v) is 12.1. The first kappa shape index (κ1) is 22.8. The highest BCUT2D eigenvalue weighted by Crippen LogP contribution is 2.27. The fourth-order valence-corrected chi connectivity index (χ4v) is 4.40. The number of aromatic nitrogens is 3. The largest absolute Gasteiger partial charge is 0.457 e. The number of benzene rings is 3. The van der Waals surface area contributed by atoms with Crippen LogP contribution in [0.4, 0.5) is 0 Å². The van der Waals surface area contributed by atoms with Gasteiger partial charge >= 0.3 is 0 Å². The van der Waals surface area contributed by atoms with Crippen molar-refractivity contribution in [2.24, 2.45) is 0 Å². The fraction of sp³-hybridized carbons (Fsp3) is 0.231. The van der Waals surface area contributed by atoms with Gasteiger partial charge in [-0.1, -0.05) is 29.8 Å². The van der Waals surface area contributed by atoms with E-state index in [2.05, 4.69) is 16.8 Å². The van der Waals surface area contributed by atoms with Gasteiger partial charge in [0, 0.05) is 36.8 Å². The van der Waals surface area contributed by atoms with E-state index in [1.807, 2.05) is 88.1 Å². The third-order valence-corrected chi connectivity index (χ3v) is 6.59. The standard InChI is InChI=1S/C26H26ClN5OS/c1-29-15-17-30(18-16-29)19-31-26(34)32(25(28-31)20-7-9-21(27)10-8-20)22-11-13-24(14-12-22)33-23-5-3-2-4-6-23/h2-14H,15-19H2,1H3. The van der Waals surface area contributed by atoms with Crippen LogP contribution in [0.2, 0.25) is 5.02 Å². The number of likely N-dealkylation sites (N-methyl/N-ethyl adjacent to an activating group) is 1. The van der Waals surface area contributed by atoms with Crippen molar-refractivity contribution in [1.82, 2.24) is 24.1 Å². The molecule has 174 valence electrons. The normalized spacial score (nSPS) is 14.9. The summed E-state index contributed by atoms with van der Waals surface area (Å²) in [6.45, 7) is 4.73. The van der Waals surface area contributed by atoms with Crippen LogP contribution in [0.1, 0.15) is 0 Å². The van der Waals surface area contributed by atoms with E-state index in [9.17, 15) is 0 Å².